The summed E-state index contributed by atoms with van der Waals surface area (Å²) in [5.74, 6) is 0. The van der Waals surface area contributed by atoms with E-state index >= 15 is 0 Å². The average Bonchev–Trinajstić information content (AvgIpc) is 3.05. The van der Waals surface area contributed by atoms with E-state index in [2.05, 4.69) is 279 Å². The van der Waals surface area contributed by atoms with Crippen molar-refractivity contribution in [2.75, 3.05) is 0 Å². The van der Waals surface area contributed by atoms with Crippen LogP contribution in [0.25, 0.3) is 186 Å². The second kappa shape index (κ2) is 17.3. The monoisotopic (exact) mass is 1040 g/mol. The lowest BCUT2D eigenvalue weighted by Gasteiger charge is -2.20. The molecule has 2 heteroatoms. The van der Waals surface area contributed by atoms with Crippen molar-refractivity contribution in [3.8, 4) is 55.6 Å². The molecule has 0 amide bonds. The highest BCUT2D eigenvalue weighted by atomic mass is 16.3. The Hall–Kier alpha value is -10.8. The third kappa shape index (κ3) is 6.58. The molecule has 0 saturated heterocycles. The molecule has 0 aliphatic rings. The van der Waals surface area contributed by atoms with Crippen LogP contribution in [0.4, 0.5) is 0 Å². The Bertz CT molecular complexity index is 5700. The molecule has 0 fully saturated rings. The van der Waals surface area contributed by atoms with E-state index in [0.717, 1.165) is 76.9 Å². The van der Waals surface area contributed by atoms with Gasteiger partial charge < -0.3 is 8.83 Å². The molecule has 0 N–H and O–H groups in total. The van der Waals surface area contributed by atoms with Crippen LogP contribution < -0.4 is 0 Å². The predicted molar refractivity (Wildman–Crippen MR) is 348 cm³/mol. The van der Waals surface area contributed by atoms with Gasteiger partial charge in [-0.25, -0.2) is 0 Å². The van der Waals surface area contributed by atoms with Crippen molar-refractivity contribution in [3.63, 3.8) is 0 Å². The Balaban J connectivity index is 0.855. The van der Waals surface area contributed by atoms with Gasteiger partial charge in [-0.05, 0) is 196 Å². The number of benzene rings is 16. The van der Waals surface area contributed by atoms with E-state index in [9.17, 15) is 0 Å². The van der Waals surface area contributed by atoms with Gasteiger partial charge in [-0.1, -0.05) is 224 Å². The first kappa shape index (κ1) is 45.1. The Morgan fingerprint density at radius 1 is 0.171 bits per heavy atom. The van der Waals surface area contributed by atoms with Crippen LogP contribution in [0.2, 0.25) is 0 Å². The maximum Gasteiger partial charge on any atom is 0.136 e. The van der Waals surface area contributed by atoms with Crippen molar-refractivity contribution in [3.05, 3.63) is 279 Å². The van der Waals surface area contributed by atoms with Gasteiger partial charge in [0, 0.05) is 21.5 Å². The van der Waals surface area contributed by atoms with Crippen LogP contribution in [0, 0.1) is 0 Å². The van der Waals surface area contributed by atoms with Crippen LogP contribution in [0.3, 0.4) is 0 Å². The van der Waals surface area contributed by atoms with Crippen molar-refractivity contribution in [2.45, 2.75) is 0 Å². The number of fused-ring (bicyclic) bond motifs is 15. The fraction of sp³-hybridized carbons (Fsp3) is 0. The second-order valence-electron chi connectivity index (χ2n) is 22.1. The van der Waals surface area contributed by atoms with Crippen molar-refractivity contribution < 1.29 is 8.83 Å². The van der Waals surface area contributed by atoms with Gasteiger partial charge in [0.2, 0.25) is 0 Å². The topological polar surface area (TPSA) is 26.3 Å². The van der Waals surface area contributed by atoms with Gasteiger partial charge in [-0.3, -0.25) is 0 Å². The van der Waals surface area contributed by atoms with Crippen LogP contribution in [0.1, 0.15) is 0 Å². The van der Waals surface area contributed by atoms with Crippen molar-refractivity contribution in [2.24, 2.45) is 0 Å². The SMILES string of the molecule is c1ccc(-c2c3ccccc3c(-c3cccc4oc5cc6ccccc6cc5c34)c3cc(-c4ccc5cc6oc7cccc(-c8c9ccccc9c(-c9cc%10ccccc%10c%10ccccc9%10)c9ccccc89)c7c6cc5c4)ccc23)cc1. The predicted octanol–water partition coefficient (Wildman–Crippen LogP) is 23.0. The van der Waals surface area contributed by atoms with Gasteiger partial charge in [0.15, 0.2) is 0 Å². The normalized spacial score (nSPS) is 12.1. The molecule has 0 bridgehead atoms. The molecule has 2 nitrogen and oxygen atoms in total. The maximum atomic E-state index is 6.90. The van der Waals surface area contributed by atoms with Gasteiger partial charge >= 0.3 is 0 Å². The summed E-state index contributed by atoms with van der Waals surface area (Å²) in [6.07, 6.45) is 0. The molecule has 0 unspecified atom stereocenters. The molecule has 0 aliphatic heterocycles. The molecule has 0 saturated carbocycles. The summed E-state index contributed by atoms with van der Waals surface area (Å²) < 4.78 is 13.6. The highest BCUT2D eigenvalue weighted by molar-refractivity contribution is 6.30. The highest BCUT2D eigenvalue weighted by Gasteiger charge is 2.24. The van der Waals surface area contributed by atoms with Crippen molar-refractivity contribution in [1.29, 1.82) is 0 Å². The molecule has 0 aliphatic carbocycles. The van der Waals surface area contributed by atoms with Crippen LogP contribution in [-0.4, -0.2) is 0 Å². The molecule has 0 radical (unpaired) electrons. The van der Waals surface area contributed by atoms with E-state index in [1.165, 1.54) is 109 Å². The summed E-state index contributed by atoms with van der Waals surface area (Å²) in [4.78, 5) is 0. The first-order chi connectivity index (χ1) is 40.7. The molecule has 0 atom stereocenters. The molecule has 2 heterocycles. The standard InChI is InChI=1S/C80H46O2/c1-2-18-47(19-3-1)75-58-26-10-11-27-59(58)78(66-33-17-35-72-80(66)69-42-48-20-4-5-21-49(48)45-73(69)81-72)68-41-51(38-39-64(68)75)50-36-37-52-46-74-70(44-54(52)40-50)79-65(32-16-34-71(79)82-74)76-60-28-12-14-30-62(60)77(63-31-15-13-29-61(63)76)67-43-53-22-6-7-23-55(53)56-24-8-9-25-57(56)67/h1-46H. The molecule has 18 rings (SSSR count). The summed E-state index contributed by atoms with van der Waals surface area (Å²) >= 11 is 0. The smallest absolute Gasteiger partial charge is 0.136 e. The fourth-order valence-corrected chi connectivity index (χ4v) is 14.2. The van der Waals surface area contributed by atoms with Gasteiger partial charge in [0.1, 0.15) is 22.3 Å². The van der Waals surface area contributed by atoms with Gasteiger partial charge in [-0.15, -0.1) is 0 Å². The van der Waals surface area contributed by atoms with Gasteiger partial charge in [-0.2, -0.15) is 0 Å². The third-order valence-electron chi connectivity index (χ3n) is 17.7. The van der Waals surface area contributed by atoms with Gasteiger partial charge in [0.25, 0.3) is 0 Å². The van der Waals surface area contributed by atoms with E-state index in [1.807, 2.05) is 0 Å². The minimum atomic E-state index is 0.873. The summed E-state index contributed by atoms with van der Waals surface area (Å²) in [6.45, 7) is 0. The lowest BCUT2D eigenvalue weighted by Crippen LogP contribution is -1.92. The van der Waals surface area contributed by atoms with E-state index in [0.29, 0.717) is 0 Å². The zero-order valence-corrected chi connectivity index (χ0v) is 44.4. The number of furan rings is 2. The number of hydrogen-bond acceptors (Lipinski definition) is 2. The highest BCUT2D eigenvalue weighted by Crippen LogP contribution is 2.51. The minimum Gasteiger partial charge on any atom is -0.456 e. The summed E-state index contributed by atoms with van der Waals surface area (Å²) in [7, 11) is 0. The van der Waals surface area contributed by atoms with Crippen LogP contribution >= 0.6 is 0 Å². The lowest BCUT2D eigenvalue weighted by atomic mass is 9.83. The molecule has 2 aromatic heterocycles. The summed E-state index contributed by atoms with van der Waals surface area (Å²) in [5, 5.41) is 23.8. The number of hydrogen-bond donors (Lipinski definition) is 0. The van der Waals surface area contributed by atoms with Crippen LogP contribution in [0.5, 0.6) is 0 Å². The average molecular weight is 1040 g/mol. The minimum absolute atomic E-state index is 0.873. The third-order valence-corrected chi connectivity index (χ3v) is 17.7. The first-order valence-corrected chi connectivity index (χ1v) is 28.3. The fourth-order valence-electron chi connectivity index (χ4n) is 14.2. The molecule has 0 spiro atoms. The molecular weight excluding hydrogens is 993 g/mol. The zero-order valence-electron chi connectivity index (χ0n) is 44.4. The van der Waals surface area contributed by atoms with Crippen LogP contribution in [0.15, 0.2) is 288 Å². The van der Waals surface area contributed by atoms with Crippen molar-refractivity contribution >= 4 is 130 Å². The number of rotatable bonds is 5. The molecule has 16 aromatic carbocycles. The zero-order chi connectivity index (χ0) is 53.6. The Labute approximate surface area is 470 Å². The summed E-state index contributed by atoms with van der Waals surface area (Å²) in [6, 6.07) is 103. The van der Waals surface area contributed by atoms with Crippen LogP contribution in [-0.2, 0) is 0 Å². The largest absolute Gasteiger partial charge is 0.456 e. The van der Waals surface area contributed by atoms with E-state index in [4.69, 9.17) is 8.83 Å². The second-order valence-corrected chi connectivity index (χ2v) is 22.1. The molecule has 378 valence electrons. The lowest BCUT2D eigenvalue weighted by molar-refractivity contribution is 0.669. The molecule has 82 heavy (non-hydrogen) atoms. The summed E-state index contributed by atoms with van der Waals surface area (Å²) in [5.41, 5.74) is 15.5. The van der Waals surface area contributed by atoms with Crippen molar-refractivity contribution in [1.82, 2.24) is 0 Å². The van der Waals surface area contributed by atoms with Gasteiger partial charge in [0.05, 0.1) is 0 Å². The van der Waals surface area contributed by atoms with E-state index in [-0.39, 0.29) is 0 Å². The van der Waals surface area contributed by atoms with E-state index < -0.39 is 0 Å². The maximum absolute atomic E-state index is 6.90. The molecular formula is C80H46O2. The first-order valence-electron chi connectivity index (χ1n) is 28.3. The quantitative estimate of drug-likeness (QED) is 0.127. The Kier molecular flexibility index (Phi) is 9.54. The Morgan fingerprint density at radius 3 is 1.21 bits per heavy atom. The van der Waals surface area contributed by atoms with E-state index in [1.54, 1.807) is 0 Å². The Morgan fingerprint density at radius 2 is 0.598 bits per heavy atom. The molecule has 18 aromatic rings.